The van der Waals surface area contributed by atoms with Gasteiger partial charge in [0, 0.05) is 6.07 Å². The smallest absolute Gasteiger partial charge is 0.338 e. The lowest BCUT2D eigenvalue weighted by molar-refractivity contribution is -0.119. The Labute approximate surface area is 188 Å². The Balaban J connectivity index is 1.44. The molecule has 2 aromatic carbocycles. The number of aryl methyl sites for hydroxylation is 1. The van der Waals surface area contributed by atoms with Gasteiger partial charge in [0.15, 0.2) is 6.61 Å². The highest BCUT2D eigenvalue weighted by Crippen LogP contribution is 2.30. The van der Waals surface area contributed by atoms with Crippen LogP contribution in [0.3, 0.4) is 0 Å². The molecule has 3 aromatic rings. The molecule has 0 saturated heterocycles. The summed E-state index contributed by atoms with van der Waals surface area (Å²) in [6, 6.07) is 12.1. The van der Waals surface area contributed by atoms with Crippen LogP contribution in [0.2, 0.25) is 0 Å². The summed E-state index contributed by atoms with van der Waals surface area (Å²) in [6.45, 7) is 3.47. The molecule has 0 unspecified atom stereocenters. The zero-order valence-corrected chi connectivity index (χ0v) is 17.8. The number of nitrogens with one attached hydrogen (secondary N) is 1. The average molecular weight is 449 g/mol. The first-order chi connectivity index (χ1) is 15.9. The number of rotatable bonds is 7. The van der Waals surface area contributed by atoms with E-state index in [1.807, 2.05) is 6.92 Å². The molecule has 10 heteroatoms. The van der Waals surface area contributed by atoms with Crippen molar-refractivity contribution in [3.05, 3.63) is 70.9 Å². The number of aromatic nitrogens is 1. The Hall–Kier alpha value is -4.47. The molecule has 0 fully saturated rings. The van der Waals surface area contributed by atoms with Crippen molar-refractivity contribution < 1.29 is 33.2 Å². The van der Waals surface area contributed by atoms with Crippen LogP contribution in [-0.2, 0) is 9.53 Å². The Morgan fingerprint density at radius 2 is 1.76 bits per heavy atom. The minimum atomic E-state index is -0.818. The molecule has 2 heterocycles. The van der Waals surface area contributed by atoms with E-state index in [0.29, 0.717) is 23.7 Å². The molecule has 33 heavy (non-hydrogen) atoms. The van der Waals surface area contributed by atoms with Crippen molar-refractivity contribution >= 4 is 35.3 Å². The van der Waals surface area contributed by atoms with Gasteiger partial charge in [-0.3, -0.25) is 19.7 Å². The quantitative estimate of drug-likeness (QED) is 0.431. The largest absolute Gasteiger partial charge is 0.494 e. The van der Waals surface area contributed by atoms with Crippen molar-refractivity contribution in [2.75, 3.05) is 23.4 Å². The van der Waals surface area contributed by atoms with Crippen LogP contribution < -0.4 is 15.0 Å². The molecule has 3 amide bonds. The fourth-order valence-corrected chi connectivity index (χ4v) is 3.27. The SMILES string of the molecule is CCOc1ccc(N2C(=O)c3ccc(C(=O)OCC(=O)Nc4cc(C)no4)cc3C2=O)cc1. The summed E-state index contributed by atoms with van der Waals surface area (Å²) in [4.78, 5) is 51.0. The van der Waals surface area contributed by atoms with E-state index in [1.54, 1.807) is 31.2 Å². The van der Waals surface area contributed by atoms with Crippen molar-refractivity contribution in [2.45, 2.75) is 13.8 Å². The van der Waals surface area contributed by atoms with Crippen LogP contribution in [0, 0.1) is 6.92 Å². The third-order valence-corrected chi connectivity index (χ3v) is 4.75. The summed E-state index contributed by atoms with van der Waals surface area (Å²) in [5, 5.41) is 6.03. The first-order valence-electron chi connectivity index (χ1n) is 10.0. The van der Waals surface area contributed by atoms with Crippen LogP contribution in [0.25, 0.3) is 0 Å². The molecule has 0 saturated carbocycles. The standard InChI is InChI=1S/C23H19N3O7/c1-3-31-16-7-5-15(6-8-16)26-21(28)17-9-4-14(11-18(17)22(26)29)23(30)32-12-19(27)24-20-10-13(2)25-33-20/h4-11H,3,12H2,1-2H3,(H,24,27). The molecule has 1 aromatic heterocycles. The molecule has 168 valence electrons. The van der Waals surface area contributed by atoms with Crippen molar-refractivity contribution in [3.8, 4) is 5.75 Å². The van der Waals surface area contributed by atoms with Gasteiger partial charge < -0.3 is 14.0 Å². The molecule has 0 bridgehead atoms. The van der Waals surface area contributed by atoms with E-state index in [-0.39, 0.29) is 22.6 Å². The molecule has 0 aliphatic carbocycles. The van der Waals surface area contributed by atoms with Crippen LogP contribution in [0.4, 0.5) is 11.6 Å². The van der Waals surface area contributed by atoms with Gasteiger partial charge in [0.05, 0.1) is 34.7 Å². The predicted octanol–water partition coefficient (Wildman–Crippen LogP) is 2.98. The van der Waals surface area contributed by atoms with Crippen LogP contribution in [0.5, 0.6) is 5.75 Å². The van der Waals surface area contributed by atoms with Gasteiger partial charge in [0.1, 0.15) is 5.75 Å². The predicted molar refractivity (Wildman–Crippen MR) is 115 cm³/mol. The van der Waals surface area contributed by atoms with Crippen molar-refractivity contribution in [1.82, 2.24) is 5.16 Å². The van der Waals surface area contributed by atoms with E-state index < -0.39 is 30.3 Å². The summed E-state index contributed by atoms with van der Waals surface area (Å²) in [6.07, 6.45) is 0. The Morgan fingerprint density at radius 3 is 2.42 bits per heavy atom. The number of ether oxygens (including phenoxy) is 2. The van der Waals surface area contributed by atoms with Crippen LogP contribution in [0.1, 0.15) is 43.7 Å². The number of carbonyl (C=O) groups is 4. The molecule has 0 spiro atoms. The molecule has 10 nitrogen and oxygen atoms in total. The molecule has 1 N–H and O–H groups in total. The lowest BCUT2D eigenvalue weighted by Crippen LogP contribution is -2.29. The van der Waals surface area contributed by atoms with Gasteiger partial charge in [-0.2, -0.15) is 0 Å². The number of nitrogens with zero attached hydrogens (tertiary/aromatic N) is 2. The topological polar surface area (TPSA) is 128 Å². The number of anilines is 2. The lowest BCUT2D eigenvalue weighted by Gasteiger charge is -2.14. The third kappa shape index (κ3) is 4.45. The monoisotopic (exact) mass is 449 g/mol. The number of carbonyl (C=O) groups excluding carboxylic acids is 4. The number of benzene rings is 2. The third-order valence-electron chi connectivity index (χ3n) is 4.75. The summed E-state index contributed by atoms with van der Waals surface area (Å²) < 4.78 is 15.2. The highest BCUT2D eigenvalue weighted by atomic mass is 16.5. The minimum Gasteiger partial charge on any atom is -0.494 e. The Morgan fingerprint density at radius 1 is 1.03 bits per heavy atom. The minimum absolute atomic E-state index is 0.0340. The first-order valence-corrected chi connectivity index (χ1v) is 10.0. The Bertz CT molecular complexity index is 1250. The zero-order chi connectivity index (χ0) is 23.5. The van der Waals surface area contributed by atoms with E-state index in [9.17, 15) is 19.2 Å². The van der Waals surface area contributed by atoms with Crippen molar-refractivity contribution in [3.63, 3.8) is 0 Å². The van der Waals surface area contributed by atoms with Gasteiger partial charge in [-0.05, 0) is 56.3 Å². The van der Waals surface area contributed by atoms with Gasteiger partial charge in [-0.15, -0.1) is 0 Å². The normalized spacial score (nSPS) is 12.5. The molecular weight excluding hydrogens is 430 g/mol. The van der Waals surface area contributed by atoms with Gasteiger partial charge in [0.25, 0.3) is 17.7 Å². The van der Waals surface area contributed by atoms with E-state index >= 15 is 0 Å². The van der Waals surface area contributed by atoms with Crippen LogP contribution in [0.15, 0.2) is 53.1 Å². The summed E-state index contributed by atoms with van der Waals surface area (Å²) in [5.41, 5.74) is 1.24. The maximum Gasteiger partial charge on any atom is 0.338 e. The second-order valence-electron chi connectivity index (χ2n) is 7.09. The van der Waals surface area contributed by atoms with Gasteiger partial charge in [0.2, 0.25) is 5.88 Å². The fraction of sp³-hybridized carbons (Fsp3) is 0.174. The number of esters is 1. The molecule has 0 radical (unpaired) electrons. The van der Waals surface area contributed by atoms with E-state index in [2.05, 4.69) is 10.5 Å². The van der Waals surface area contributed by atoms with Gasteiger partial charge in [-0.1, -0.05) is 5.16 Å². The maximum atomic E-state index is 12.9. The second-order valence-corrected chi connectivity index (χ2v) is 7.09. The maximum absolute atomic E-state index is 12.9. The molecule has 1 aliphatic rings. The Kier molecular flexibility index (Phi) is 5.90. The van der Waals surface area contributed by atoms with Crippen LogP contribution >= 0.6 is 0 Å². The van der Waals surface area contributed by atoms with Crippen molar-refractivity contribution in [1.29, 1.82) is 0 Å². The van der Waals surface area contributed by atoms with Crippen molar-refractivity contribution in [2.24, 2.45) is 0 Å². The van der Waals surface area contributed by atoms with E-state index in [4.69, 9.17) is 14.0 Å². The second kappa shape index (κ2) is 8.95. The van der Waals surface area contributed by atoms with E-state index in [0.717, 1.165) is 4.90 Å². The molecule has 0 atom stereocenters. The van der Waals surface area contributed by atoms with Gasteiger partial charge >= 0.3 is 5.97 Å². The summed E-state index contributed by atoms with van der Waals surface area (Å²) in [7, 11) is 0. The van der Waals surface area contributed by atoms with E-state index in [1.165, 1.54) is 24.3 Å². The highest BCUT2D eigenvalue weighted by Gasteiger charge is 2.37. The lowest BCUT2D eigenvalue weighted by atomic mass is 10.1. The average Bonchev–Trinajstić information content (AvgIpc) is 3.32. The zero-order valence-electron chi connectivity index (χ0n) is 17.8. The summed E-state index contributed by atoms with van der Waals surface area (Å²) >= 11 is 0. The number of hydrogen-bond donors (Lipinski definition) is 1. The summed E-state index contributed by atoms with van der Waals surface area (Å²) in [5.74, 6) is -1.75. The number of hydrogen-bond acceptors (Lipinski definition) is 8. The fourth-order valence-electron chi connectivity index (χ4n) is 3.27. The molecular formula is C23H19N3O7. The number of amides is 3. The van der Waals surface area contributed by atoms with Gasteiger partial charge in [-0.25, -0.2) is 9.69 Å². The number of imide groups is 1. The molecule has 1 aliphatic heterocycles. The number of fused-ring (bicyclic) bond motifs is 1. The first kappa shape index (κ1) is 21.8. The van der Waals surface area contributed by atoms with Crippen LogP contribution in [-0.4, -0.2) is 42.1 Å². The molecule has 4 rings (SSSR count). The highest BCUT2D eigenvalue weighted by molar-refractivity contribution is 6.34.